The molecule has 0 fully saturated rings. The van der Waals surface area contributed by atoms with E-state index in [2.05, 4.69) is 5.48 Å². The van der Waals surface area contributed by atoms with Gasteiger partial charge in [0.05, 0.1) is 0 Å². The van der Waals surface area contributed by atoms with E-state index in [9.17, 15) is 4.79 Å². The van der Waals surface area contributed by atoms with Crippen LogP contribution in [0.4, 0.5) is 0 Å². The molecule has 4 heteroatoms. The van der Waals surface area contributed by atoms with E-state index in [0.717, 1.165) is 12.8 Å². The average Bonchev–Trinajstić information content (AvgIpc) is 1.98. The fourth-order valence-electron chi connectivity index (χ4n) is 0.564. The van der Waals surface area contributed by atoms with E-state index >= 15 is 0 Å². The van der Waals surface area contributed by atoms with Crippen molar-refractivity contribution >= 4 is 6.41 Å². The Kier molecular flexibility index (Phi) is 6.11. The first-order valence-corrected chi connectivity index (χ1v) is 3.22. The second kappa shape index (κ2) is 6.51. The number of ether oxygens (including phenoxy) is 1. The van der Waals surface area contributed by atoms with E-state index in [4.69, 9.17) is 9.57 Å². The molecule has 0 aliphatic rings. The normalized spacial score (nSPS) is 12.6. The highest BCUT2D eigenvalue weighted by atomic mass is 16.8. The van der Waals surface area contributed by atoms with Gasteiger partial charge in [0.1, 0.15) is 0 Å². The van der Waals surface area contributed by atoms with Gasteiger partial charge in [0.25, 0.3) is 0 Å². The van der Waals surface area contributed by atoms with Crippen molar-refractivity contribution in [3.8, 4) is 0 Å². The van der Waals surface area contributed by atoms with Gasteiger partial charge in [-0.25, -0.2) is 10.3 Å². The van der Waals surface area contributed by atoms with Crippen LogP contribution >= 0.6 is 0 Å². The van der Waals surface area contributed by atoms with Crippen molar-refractivity contribution in [2.45, 2.75) is 26.1 Å². The molecule has 0 heterocycles. The van der Waals surface area contributed by atoms with Gasteiger partial charge in [-0.2, -0.15) is 0 Å². The Labute approximate surface area is 60.5 Å². The first-order chi connectivity index (χ1) is 4.85. The van der Waals surface area contributed by atoms with Crippen molar-refractivity contribution in [2.24, 2.45) is 0 Å². The number of methoxy groups -OCH3 is 1. The van der Waals surface area contributed by atoms with E-state index in [0.29, 0.717) is 6.41 Å². The van der Waals surface area contributed by atoms with Crippen LogP contribution < -0.4 is 5.48 Å². The van der Waals surface area contributed by atoms with Crippen molar-refractivity contribution in [3.05, 3.63) is 0 Å². The summed E-state index contributed by atoms with van der Waals surface area (Å²) in [5.74, 6) is 0. The first kappa shape index (κ1) is 9.39. The van der Waals surface area contributed by atoms with E-state index in [1.807, 2.05) is 6.92 Å². The summed E-state index contributed by atoms with van der Waals surface area (Å²) < 4.78 is 4.85. The third-order valence-electron chi connectivity index (χ3n) is 1.03. The third-order valence-corrected chi connectivity index (χ3v) is 1.03. The smallest absolute Gasteiger partial charge is 0.230 e. The Morgan fingerprint density at radius 3 is 2.80 bits per heavy atom. The molecule has 4 nitrogen and oxygen atoms in total. The standard InChI is InChI=1S/C6H13NO3/c1-3-4-6(9-2)10-7-5-8/h5-6H,3-4H2,1-2H3,(H,7,8). The zero-order valence-corrected chi connectivity index (χ0v) is 6.29. The molecule has 0 spiro atoms. The molecule has 0 bridgehead atoms. The largest absolute Gasteiger partial charge is 0.354 e. The van der Waals surface area contributed by atoms with Gasteiger partial charge in [0.15, 0.2) is 6.29 Å². The van der Waals surface area contributed by atoms with Crippen LogP contribution in [0.15, 0.2) is 0 Å². The molecule has 0 aromatic heterocycles. The van der Waals surface area contributed by atoms with Crippen molar-refractivity contribution in [3.63, 3.8) is 0 Å². The van der Waals surface area contributed by atoms with Crippen LogP contribution in [0.1, 0.15) is 19.8 Å². The van der Waals surface area contributed by atoms with Gasteiger partial charge in [0.2, 0.25) is 6.41 Å². The zero-order valence-electron chi connectivity index (χ0n) is 6.29. The summed E-state index contributed by atoms with van der Waals surface area (Å²) in [4.78, 5) is 14.5. The highest BCUT2D eigenvalue weighted by molar-refractivity contribution is 5.43. The molecule has 60 valence electrons. The van der Waals surface area contributed by atoms with Gasteiger partial charge in [-0.1, -0.05) is 13.3 Å². The number of amides is 1. The highest BCUT2D eigenvalue weighted by Crippen LogP contribution is 1.99. The van der Waals surface area contributed by atoms with E-state index < -0.39 is 0 Å². The molecule has 10 heavy (non-hydrogen) atoms. The van der Waals surface area contributed by atoms with Crippen LogP contribution in [-0.2, 0) is 14.4 Å². The molecule has 0 rings (SSSR count). The summed E-state index contributed by atoms with van der Waals surface area (Å²) in [5.41, 5.74) is 2.08. The van der Waals surface area contributed by atoms with Crippen LogP contribution in [0.25, 0.3) is 0 Å². The lowest BCUT2D eigenvalue weighted by Gasteiger charge is -2.12. The van der Waals surface area contributed by atoms with E-state index in [1.165, 1.54) is 7.11 Å². The van der Waals surface area contributed by atoms with Gasteiger partial charge in [-0.05, 0) is 0 Å². The van der Waals surface area contributed by atoms with Crippen molar-refractivity contribution in [1.29, 1.82) is 0 Å². The van der Waals surface area contributed by atoms with E-state index in [-0.39, 0.29) is 6.29 Å². The number of carbonyl (C=O) groups excluding carboxylic acids is 1. The minimum Gasteiger partial charge on any atom is -0.354 e. The van der Waals surface area contributed by atoms with Gasteiger partial charge in [-0.15, -0.1) is 0 Å². The molecule has 0 aliphatic carbocycles. The summed E-state index contributed by atoms with van der Waals surface area (Å²) in [6, 6.07) is 0. The molecule has 1 unspecified atom stereocenters. The summed E-state index contributed by atoms with van der Waals surface area (Å²) in [7, 11) is 1.53. The van der Waals surface area contributed by atoms with Gasteiger partial charge >= 0.3 is 0 Å². The Hall–Kier alpha value is -0.610. The lowest BCUT2D eigenvalue weighted by Crippen LogP contribution is -2.24. The molecule has 0 aromatic carbocycles. The number of rotatable bonds is 6. The monoisotopic (exact) mass is 147 g/mol. The SMILES string of the molecule is CCCC(OC)ONC=O. The summed E-state index contributed by atoms with van der Waals surface area (Å²) in [6.07, 6.45) is 1.88. The van der Waals surface area contributed by atoms with Crippen molar-refractivity contribution in [2.75, 3.05) is 7.11 Å². The molecular formula is C6H13NO3. The van der Waals surface area contributed by atoms with E-state index in [1.54, 1.807) is 0 Å². The van der Waals surface area contributed by atoms with Crippen molar-refractivity contribution < 1.29 is 14.4 Å². The van der Waals surface area contributed by atoms with Gasteiger partial charge in [0, 0.05) is 13.5 Å². The molecular weight excluding hydrogens is 134 g/mol. The minimum atomic E-state index is -0.324. The first-order valence-electron chi connectivity index (χ1n) is 3.22. The summed E-state index contributed by atoms with van der Waals surface area (Å²) >= 11 is 0. The van der Waals surface area contributed by atoms with Crippen molar-refractivity contribution in [1.82, 2.24) is 5.48 Å². The minimum absolute atomic E-state index is 0.324. The number of hydroxylamine groups is 1. The number of carbonyl (C=O) groups is 1. The maximum atomic E-state index is 9.74. The lowest BCUT2D eigenvalue weighted by molar-refractivity contribution is -0.172. The van der Waals surface area contributed by atoms with Crippen LogP contribution in [0.5, 0.6) is 0 Å². The predicted octanol–water partition coefficient (Wildman–Crippen LogP) is 0.437. The topological polar surface area (TPSA) is 47.6 Å². The quantitative estimate of drug-likeness (QED) is 0.337. The van der Waals surface area contributed by atoms with Gasteiger partial charge in [-0.3, -0.25) is 4.79 Å². The van der Waals surface area contributed by atoms with Gasteiger partial charge < -0.3 is 4.74 Å². The summed E-state index contributed by atoms with van der Waals surface area (Å²) in [6.45, 7) is 2.01. The number of hydrogen-bond acceptors (Lipinski definition) is 3. The molecule has 1 amide bonds. The number of nitrogens with one attached hydrogen (secondary N) is 1. The maximum absolute atomic E-state index is 9.74. The lowest BCUT2D eigenvalue weighted by atomic mass is 10.3. The Morgan fingerprint density at radius 1 is 1.70 bits per heavy atom. The number of hydrogen-bond donors (Lipinski definition) is 1. The second-order valence-electron chi connectivity index (χ2n) is 1.81. The molecule has 0 saturated heterocycles. The Morgan fingerprint density at radius 2 is 2.40 bits per heavy atom. The average molecular weight is 147 g/mol. The molecule has 0 radical (unpaired) electrons. The third kappa shape index (κ3) is 4.29. The molecule has 0 saturated carbocycles. The molecule has 0 aromatic rings. The van der Waals surface area contributed by atoms with Crippen LogP contribution in [0.2, 0.25) is 0 Å². The summed E-state index contributed by atoms with van der Waals surface area (Å²) in [5, 5.41) is 0. The van der Waals surface area contributed by atoms with Crippen LogP contribution in [0, 0.1) is 0 Å². The maximum Gasteiger partial charge on any atom is 0.230 e. The Balaban J connectivity index is 3.29. The fraction of sp³-hybridized carbons (Fsp3) is 0.833. The predicted molar refractivity (Wildman–Crippen MR) is 36.0 cm³/mol. The molecule has 0 aliphatic heterocycles. The second-order valence-corrected chi connectivity index (χ2v) is 1.81. The molecule has 1 atom stereocenters. The van der Waals surface area contributed by atoms with Crippen LogP contribution in [0.3, 0.4) is 0 Å². The highest BCUT2D eigenvalue weighted by Gasteiger charge is 2.03. The van der Waals surface area contributed by atoms with Crippen LogP contribution in [-0.4, -0.2) is 19.8 Å². The zero-order chi connectivity index (χ0) is 7.82. The Bertz CT molecular complexity index is 87.1. The fourth-order valence-corrected chi connectivity index (χ4v) is 0.564. The molecule has 1 N–H and O–H groups in total.